The monoisotopic (exact) mass is 695 g/mol. The molecule has 0 unspecified atom stereocenters. The highest BCUT2D eigenvalue weighted by Crippen LogP contribution is 2.21. The lowest BCUT2D eigenvalue weighted by atomic mass is 10.0. The van der Waals surface area contributed by atoms with Crippen molar-refractivity contribution in [2.24, 2.45) is 0 Å². The standard InChI is InChI=1S/C42H78N2O3.ClH/c1-4-6-8-10-12-14-16-18-20-22-24-26-28-30-32-43(34-35-44-36-40(37-45)41(38-46)42(47)39(44)3)33-31-29-27-25-23-21-19-17-15-13-11-9-7-5-2;/h36,38,45H,4-35,37H2,1-3H3;1H. The van der Waals surface area contributed by atoms with E-state index < -0.39 is 0 Å². The van der Waals surface area contributed by atoms with Crippen molar-refractivity contribution < 1.29 is 32.0 Å². The van der Waals surface area contributed by atoms with Crippen molar-refractivity contribution in [3.8, 4) is 5.75 Å². The maximum Gasteiger partial charge on any atom is 0.221 e. The van der Waals surface area contributed by atoms with Crippen molar-refractivity contribution in [3.05, 3.63) is 23.0 Å². The van der Waals surface area contributed by atoms with Gasteiger partial charge in [0.25, 0.3) is 0 Å². The van der Waals surface area contributed by atoms with Crippen LogP contribution >= 0.6 is 0 Å². The van der Waals surface area contributed by atoms with E-state index in [1.807, 2.05) is 17.7 Å². The minimum Gasteiger partial charge on any atom is -1.00 e. The normalized spacial score (nSPS) is 11.4. The Labute approximate surface area is 304 Å². The zero-order valence-corrected chi connectivity index (χ0v) is 32.8. The topological polar surface area (TPSA) is 64.7 Å². The van der Waals surface area contributed by atoms with E-state index >= 15 is 0 Å². The van der Waals surface area contributed by atoms with Crippen LogP contribution < -0.4 is 17.0 Å². The van der Waals surface area contributed by atoms with Crippen LogP contribution in [0.3, 0.4) is 0 Å². The van der Waals surface area contributed by atoms with Crippen LogP contribution in [0.4, 0.5) is 0 Å². The molecule has 0 saturated carbocycles. The predicted molar refractivity (Wildman–Crippen MR) is 201 cm³/mol. The molecule has 5 nitrogen and oxygen atoms in total. The van der Waals surface area contributed by atoms with Gasteiger partial charge in [0.1, 0.15) is 0 Å². The van der Waals surface area contributed by atoms with Gasteiger partial charge >= 0.3 is 0 Å². The first-order chi connectivity index (χ1) is 23.1. The van der Waals surface area contributed by atoms with Gasteiger partial charge in [-0.05, 0) is 25.9 Å². The average Bonchev–Trinajstić information content (AvgIpc) is 3.08. The van der Waals surface area contributed by atoms with Crippen molar-refractivity contribution in [3.63, 3.8) is 0 Å². The Morgan fingerprint density at radius 1 is 0.583 bits per heavy atom. The zero-order chi connectivity index (χ0) is 34.2. The maximum atomic E-state index is 11.5. The van der Waals surface area contributed by atoms with Crippen LogP contribution in [0.25, 0.3) is 0 Å². The lowest BCUT2D eigenvalue weighted by Gasteiger charge is -2.21. The lowest BCUT2D eigenvalue weighted by Crippen LogP contribution is -3.00. The molecule has 0 amide bonds. The molecule has 1 aromatic rings. The lowest BCUT2D eigenvalue weighted by molar-refractivity contribution is -0.703. The Morgan fingerprint density at radius 3 is 1.23 bits per heavy atom. The van der Waals surface area contributed by atoms with Crippen molar-refractivity contribution in [2.75, 3.05) is 19.6 Å². The van der Waals surface area contributed by atoms with Gasteiger partial charge < -0.3 is 22.6 Å². The summed E-state index contributed by atoms with van der Waals surface area (Å²) in [4.78, 5) is 14.1. The molecule has 6 heteroatoms. The summed E-state index contributed by atoms with van der Waals surface area (Å²) >= 11 is 0. The largest absolute Gasteiger partial charge is 1.00 e. The maximum absolute atomic E-state index is 11.5. The summed E-state index contributed by atoms with van der Waals surface area (Å²) in [5.74, 6) is -0.00273. The SMILES string of the molecule is CCCCCCCCCCCCCCCCN(CCCCCCCCCCCCCCCC)CC[n+]1cc(CO)c(C=O)c(O)c1C.[Cl-]. The number of hydrogen-bond donors (Lipinski definition) is 2. The predicted octanol–water partition coefficient (Wildman–Crippen LogP) is 8.56. The van der Waals surface area contributed by atoms with E-state index in [0.29, 0.717) is 17.5 Å². The molecule has 0 aliphatic rings. The minimum absolute atomic E-state index is 0. The third kappa shape index (κ3) is 24.1. The minimum atomic E-state index is -0.246. The Bertz CT molecular complexity index is 834. The van der Waals surface area contributed by atoms with E-state index in [4.69, 9.17) is 0 Å². The number of aliphatic hydroxyl groups excluding tert-OH is 1. The third-order valence-corrected chi connectivity index (χ3v) is 10.3. The number of unbranched alkanes of at least 4 members (excludes halogenated alkanes) is 26. The van der Waals surface area contributed by atoms with Crippen molar-refractivity contribution in [1.82, 2.24) is 4.90 Å². The average molecular weight is 696 g/mol. The highest BCUT2D eigenvalue weighted by Gasteiger charge is 2.21. The number of pyridine rings is 1. The van der Waals surface area contributed by atoms with Gasteiger partial charge in [-0.2, -0.15) is 4.57 Å². The van der Waals surface area contributed by atoms with Gasteiger partial charge in [0.2, 0.25) is 5.69 Å². The van der Waals surface area contributed by atoms with E-state index in [9.17, 15) is 15.0 Å². The van der Waals surface area contributed by atoms with Gasteiger partial charge in [-0.1, -0.05) is 181 Å². The molecule has 0 atom stereocenters. The molecule has 282 valence electrons. The number of aromatic hydroxyl groups is 1. The molecule has 0 spiro atoms. The van der Waals surface area contributed by atoms with Crippen LogP contribution in [0.15, 0.2) is 6.20 Å². The Morgan fingerprint density at radius 2 is 0.917 bits per heavy atom. The van der Waals surface area contributed by atoms with Crippen LogP contribution in [0.2, 0.25) is 0 Å². The first-order valence-corrected chi connectivity index (χ1v) is 20.6. The van der Waals surface area contributed by atoms with Crippen LogP contribution in [-0.4, -0.2) is 41.0 Å². The third-order valence-electron chi connectivity index (χ3n) is 10.3. The van der Waals surface area contributed by atoms with Crippen molar-refractivity contribution in [1.29, 1.82) is 0 Å². The fraction of sp³-hybridized carbons (Fsp3) is 0.857. The van der Waals surface area contributed by atoms with Crippen molar-refractivity contribution >= 4 is 6.29 Å². The Hall–Kier alpha value is -1.17. The van der Waals surface area contributed by atoms with E-state index in [0.717, 1.165) is 26.2 Å². The zero-order valence-electron chi connectivity index (χ0n) is 32.1. The van der Waals surface area contributed by atoms with Gasteiger partial charge in [-0.3, -0.25) is 9.69 Å². The first-order valence-electron chi connectivity index (χ1n) is 20.6. The second-order valence-corrected chi connectivity index (χ2v) is 14.5. The molecule has 2 N–H and O–H groups in total. The number of aromatic nitrogens is 1. The van der Waals surface area contributed by atoms with Crippen LogP contribution in [0.1, 0.15) is 215 Å². The van der Waals surface area contributed by atoms with Crippen LogP contribution in [0.5, 0.6) is 5.75 Å². The van der Waals surface area contributed by atoms with Crippen LogP contribution in [-0.2, 0) is 13.2 Å². The highest BCUT2D eigenvalue weighted by molar-refractivity contribution is 5.81. The molecule has 0 saturated heterocycles. The second-order valence-electron chi connectivity index (χ2n) is 14.5. The Kier molecular flexibility index (Phi) is 33.5. The summed E-state index contributed by atoms with van der Waals surface area (Å²) in [6.45, 7) is 10.1. The van der Waals surface area contributed by atoms with E-state index in [-0.39, 0.29) is 30.3 Å². The van der Waals surface area contributed by atoms with Gasteiger partial charge in [0.05, 0.1) is 24.3 Å². The molecule has 0 fully saturated rings. The quantitative estimate of drug-likeness (QED) is 0.0425. The van der Waals surface area contributed by atoms with Crippen LogP contribution in [0, 0.1) is 6.92 Å². The molecular formula is C42H79ClN2O3. The highest BCUT2D eigenvalue weighted by atomic mass is 35.5. The number of carbonyl (C=O) groups excluding carboxylic acids is 1. The molecule has 1 rings (SSSR count). The van der Waals surface area contributed by atoms with Gasteiger partial charge in [-0.25, -0.2) is 0 Å². The summed E-state index contributed by atoms with van der Waals surface area (Å²) in [6, 6.07) is 0. The number of aldehydes is 1. The molecule has 0 aliphatic carbocycles. The molecule has 0 aliphatic heterocycles. The second kappa shape index (κ2) is 34.3. The van der Waals surface area contributed by atoms with E-state index in [1.54, 1.807) is 0 Å². The number of halogens is 1. The number of rotatable bonds is 35. The summed E-state index contributed by atoms with van der Waals surface area (Å²) in [5.41, 5.74) is 1.40. The van der Waals surface area contributed by atoms with Gasteiger partial charge in [0.15, 0.2) is 24.8 Å². The molecule has 48 heavy (non-hydrogen) atoms. The summed E-state index contributed by atoms with van der Waals surface area (Å²) in [6.07, 6.45) is 41.2. The number of aliphatic hydroxyl groups is 1. The fourth-order valence-corrected chi connectivity index (χ4v) is 6.97. The Balaban J connectivity index is 0.0000221. The van der Waals surface area contributed by atoms with E-state index in [1.165, 1.54) is 180 Å². The van der Waals surface area contributed by atoms with Gasteiger partial charge in [-0.15, -0.1) is 0 Å². The fourth-order valence-electron chi connectivity index (χ4n) is 6.97. The molecule has 0 bridgehead atoms. The molecular weight excluding hydrogens is 616 g/mol. The first kappa shape index (κ1) is 46.8. The number of hydrogen-bond acceptors (Lipinski definition) is 4. The summed E-state index contributed by atoms with van der Waals surface area (Å²) < 4.78 is 2.01. The van der Waals surface area contributed by atoms with Crippen molar-refractivity contribution in [2.45, 2.75) is 214 Å². The smallest absolute Gasteiger partial charge is 0.221 e. The van der Waals surface area contributed by atoms with Gasteiger partial charge in [0, 0.05) is 6.92 Å². The number of nitrogens with zero attached hydrogens (tertiary/aromatic N) is 2. The molecule has 1 heterocycles. The summed E-state index contributed by atoms with van der Waals surface area (Å²) in [7, 11) is 0. The molecule has 0 radical (unpaired) electrons. The molecule has 0 aromatic carbocycles. The number of carbonyl (C=O) groups is 1. The summed E-state index contributed by atoms with van der Waals surface area (Å²) in [5, 5.41) is 20.3. The molecule has 1 aromatic heterocycles. The van der Waals surface area contributed by atoms with E-state index in [2.05, 4.69) is 18.7 Å².